The van der Waals surface area contributed by atoms with Crippen molar-refractivity contribution in [1.29, 1.82) is 0 Å². The maximum Gasteiger partial charge on any atom is 0.239 e. The second-order valence-electron chi connectivity index (χ2n) is 4.74. The number of hydrogen-bond acceptors (Lipinski definition) is 5. The van der Waals surface area contributed by atoms with Crippen LogP contribution in [0.4, 0.5) is 0 Å². The number of nitrogens with zero attached hydrogens (tertiary/aromatic N) is 3. The zero-order valence-corrected chi connectivity index (χ0v) is 12.8. The van der Waals surface area contributed by atoms with Crippen molar-refractivity contribution < 1.29 is 9.53 Å². The molecule has 1 fully saturated rings. The molecule has 0 radical (unpaired) electrons. The van der Waals surface area contributed by atoms with Gasteiger partial charge in [0.05, 0.1) is 13.2 Å². The Morgan fingerprint density at radius 3 is 3.09 bits per heavy atom. The van der Waals surface area contributed by atoms with E-state index in [1.54, 1.807) is 17.1 Å². The highest BCUT2D eigenvalue weighted by Gasteiger charge is 2.21. The van der Waals surface area contributed by atoms with Crippen molar-refractivity contribution >= 4 is 18.3 Å². The SMILES string of the molecule is Cl.O=C(NCc1cccnc1-n1cccn1)C1COCCN1. The fourth-order valence-corrected chi connectivity index (χ4v) is 2.21. The normalized spacial score (nSPS) is 17.5. The van der Waals surface area contributed by atoms with Gasteiger partial charge in [-0.15, -0.1) is 12.4 Å². The van der Waals surface area contributed by atoms with E-state index < -0.39 is 0 Å². The van der Waals surface area contributed by atoms with Gasteiger partial charge >= 0.3 is 0 Å². The van der Waals surface area contributed by atoms with E-state index in [-0.39, 0.29) is 24.4 Å². The predicted molar refractivity (Wildman–Crippen MR) is 83.1 cm³/mol. The first-order valence-corrected chi connectivity index (χ1v) is 6.87. The molecule has 3 rings (SSSR count). The fourth-order valence-electron chi connectivity index (χ4n) is 2.21. The summed E-state index contributed by atoms with van der Waals surface area (Å²) in [4.78, 5) is 16.4. The maximum atomic E-state index is 12.1. The van der Waals surface area contributed by atoms with Crippen molar-refractivity contribution in [2.45, 2.75) is 12.6 Å². The minimum absolute atomic E-state index is 0. The van der Waals surface area contributed by atoms with E-state index in [1.165, 1.54) is 0 Å². The van der Waals surface area contributed by atoms with Crippen LogP contribution in [0.3, 0.4) is 0 Å². The van der Waals surface area contributed by atoms with Crippen molar-refractivity contribution in [3.05, 3.63) is 42.4 Å². The summed E-state index contributed by atoms with van der Waals surface area (Å²) in [6.45, 7) is 2.16. The molecule has 7 nitrogen and oxygen atoms in total. The Hall–Kier alpha value is -1.96. The number of amides is 1. The first-order chi connectivity index (χ1) is 10.3. The molecule has 0 aliphatic carbocycles. The van der Waals surface area contributed by atoms with Gasteiger partial charge in [-0.25, -0.2) is 9.67 Å². The van der Waals surface area contributed by atoms with Gasteiger partial charge in [0, 0.05) is 37.2 Å². The standard InChI is InChI=1S/C14H17N5O2.ClH/c20-14(12-10-21-8-6-15-12)17-9-11-3-1-4-16-13(11)19-7-2-5-18-19;/h1-5,7,12,15H,6,8-10H2,(H,17,20);1H. The average Bonchev–Trinajstić information content (AvgIpc) is 3.08. The molecule has 2 aromatic heterocycles. The number of carbonyl (C=O) groups is 1. The summed E-state index contributed by atoms with van der Waals surface area (Å²) in [6.07, 6.45) is 5.23. The van der Waals surface area contributed by atoms with Crippen molar-refractivity contribution in [2.75, 3.05) is 19.8 Å². The van der Waals surface area contributed by atoms with Crippen LogP contribution in [-0.2, 0) is 16.1 Å². The first-order valence-electron chi connectivity index (χ1n) is 6.87. The van der Waals surface area contributed by atoms with Crippen LogP contribution >= 0.6 is 12.4 Å². The third-order valence-corrected chi connectivity index (χ3v) is 3.28. The van der Waals surface area contributed by atoms with E-state index in [9.17, 15) is 4.79 Å². The lowest BCUT2D eigenvalue weighted by molar-refractivity contribution is -0.126. The van der Waals surface area contributed by atoms with Crippen molar-refractivity contribution in [1.82, 2.24) is 25.4 Å². The third kappa shape index (κ3) is 3.82. The lowest BCUT2D eigenvalue weighted by Gasteiger charge is -2.23. The first kappa shape index (κ1) is 16.4. The van der Waals surface area contributed by atoms with Gasteiger partial charge in [-0.1, -0.05) is 6.07 Å². The Morgan fingerprint density at radius 1 is 1.45 bits per heavy atom. The Morgan fingerprint density at radius 2 is 2.36 bits per heavy atom. The van der Waals surface area contributed by atoms with E-state index in [0.717, 1.165) is 11.4 Å². The number of hydrogen-bond donors (Lipinski definition) is 2. The quantitative estimate of drug-likeness (QED) is 0.845. The van der Waals surface area contributed by atoms with Crippen LogP contribution in [-0.4, -0.2) is 46.5 Å². The summed E-state index contributed by atoms with van der Waals surface area (Å²) in [6, 6.07) is 5.31. The topological polar surface area (TPSA) is 81.1 Å². The molecule has 2 aromatic rings. The van der Waals surface area contributed by atoms with Gasteiger partial charge in [-0.2, -0.15) is 5.10 Å². The van der Waals surface area contributed by atoms with Crippen LogP contribution < -0.4 is 10.6 Å². The molecule has 118 valence electrons. The van der Waals surface area contributed by atoms with E-state index in [4.69, 9.17) is 4.74 Å². The number of rotatable bonds is 4. The van der Waals surface area contributed by atoms with E-state index in [2.05, 4.69) is 20.7 Å². The smallest absolute Gasteiger partial charge is 0.239 e. The number of pyridine rings is 1. The lowest BCUT2D eigenvalue weighted by atomic mass is 10.2. The second kappa shape index (κ2) is 7.88. The minimum Gasteiger partial charge on any atom is -0.378 e. The van der Waals surface area contributed by atoms with Crippen LogP contribution in [0.5, 0.6) is 0 Å². The van der Waals surface area contributed by atoms with Gasteiger partial charge in [0.25, 0.3) is 0 Å². The van der Waals surface area contributed by atoms with Crippen molar-refractivity contribution in [3.63, 3.8) is 0 Å². The van der Waals surface area contributed by atoms with E-state index >= 15 is 0 Å². The van der Waals surface area contributed by atoms with Crippen LogP contribution in [0.2, 0.25) is 0 Å². The van der Waals surface area contributed by atoms with E-state index in [0.29, 0.717) is 26.3 Å². The van der Waals surface area contributed by atoms with Gasteiger partial charge in [-0.3, -0.25) is 4.79 Å². The molecule has 1 unspecified atom stereocenters. The minimum atomic E-state index is -0.288. The summed E-state index contributed by atoms with van der Waals surface area (Å²) in [5.41, 5.74) is 0.909. The molecule has 22 heavy (non-hydrogen) atoms. The molecular formula is C14H18ClN5O2. The average molecular weight is 324 g/mol. The van der Waals surface area contributed by atoms with Crippen LogP contribution in [0.1, 0.15) is 5.56 Å². The van der Waals surface area contributed by atoms with Gasteiger partial charge in [0.2, 0.25) is 5.91 Å². The maximum absolute atomic E-state index is 12.1. The summed E-state index contributed by atoms with van der Waals surface area (Å²) < 4.78 is 6.97. The number of aromatic nitrogens is 3. The molecule has 1 aliphatic rings. The summed E-state index contributed by atoms with van der Waals surface area (Å²) >= 11 is 0. The molecule has 3 heterocycles. The van der Waals surface area contributed by atoms with Crippen LogP contribution in [0, 0.1) is 0 Å². The Kier molecular flexibility index (Phi) is 5.88. The van der Waals surface area contributed by atoms with Crippen LogP contribution in [0.25, 0.3) is 5.82 Å². The second-order valence-corrected chi connectivity index (χ2v) is 4.74. The molecule has 0 bridgehead atoms. The van der Waals surface area contributed by atoms with Gasteiger partial charge in [0.15, 0.2) is 5.82 Å². The molecule has 1 amide bonds. The third-order valence-electron chi connectivity index (χ3n) is 3.28. The summed E-state index contributed by atoms with van der Waals surface area (Å²) in [5.74, 6) is 0.653. The van der Waals surface area contributed by atoms with Gasteiger partial charge in [-0.05, 0) is 12.1 Å². The summed E-state index contributed by atoms with van der Waals surface area (Å²) in [7, 11) is 0. The predicted octanol–water partition coefficient (Wildman–Crippen LogP) is 0.294. The number of ether oxygens (including phenoxy) is 1. The molecule has 0 spiro atoms. The Labute approximate surface area is 134 Å². The highest BCUT2D eigenvalue weighted by Crippen LogP contribution is 2.09. The number of morpholine rings is 1. The molecule has 1 atom stereocenters. The fraction of sp³-hybridized carbons (Fsp3) is 0.357. The molecule has 8 heteroatoms. The monoisotopic (exact) mass is 323 g/mol. The zero-order chi connectivity index (χ0) is 14.5. The number of halogens is 1. The van der Waals surface area contributed by atoms with Crippen molar-refractivity contribution in [2.24, 2.45) is 0 Å². The molecule has 1 aliphatic heterocycles. The molecule has 1 saturated heterocycles. The zero-order valence-electron chi connectivity index (χ0n) is 11.9. The Bertz CT molecular complexity index is 599. The van der Waals surface area contributed by atoms with E-state index in [1.807, 2.05) is 24.4 Å². The molecular weight excluding hydrogens is 306 g/mol. The lowest BCUT2D eigenvalue weighted by Crippen LogP contribution is -2.51. The molecule has 2 N–H and O–H groups in total. The Balaban J connectivity index is 0.00000176. The van der Waals surface area contributed by atoms with Gasteiger partial charge < -0.3 is 15.4 Å². The largest absolute Gasteiger partial charge is 0.378 e. The summed E-state index contributed by atoms with van der Waals surface area (Å²) in [5, 5.41) is 10.2. The highest BCUT2D eigenvalue weighted by molar-refractivity contribution is 5.85. The molecule has 0 aromatic carbocycles. The highest BCUT2D eigenvalue weighted by atomic mass is 35.5. The number of carbonyl (C=O) groups excluding carboxylic acids is 1. The van der Waals surface area contributed by atoms with Gasteiger partial charge in [0.1, 0.15) is 6.04 Å². The van der Waals surface area contributed by atoms with Crippen molar-refractivity contribution in [3.8, 4) is 5.82 Å². The molecule has 0 saturated carbocycles. The number of nitrogens with one attached hydrogen (secondary N) is 2. The van der Waals surface area contributed by atoms with Crippen LogP contribution in [0.15, 0.2) is 36.8 Å².